The average Bonchev–Trinajstić information content (AvgIpc) is 1.68. The normalized spacial score (nSPS) is 10.5. The predicted octanol–water partition coefficient (Wildman–Crippen LogP) is 0.352. The summed E-state index contributed by atoms with van der Waals surface area (Å²) in [5, 5.41) is 0. The highest BCUT2D eigenvalue weighted by Gasteiger charge is 2.10. The van der Waals surface area contributed by atoms with Crippen LogP contribution in [0.2, 0.25) is 0 Å². The number of nitrogens with two attached hydrogens (primary N) is 2. The summed E-state index contributed by atoms with van der Waals surface area (Å²) in [6.07, 6.45) is 0. The molecule has 52 valence electrons. The summed E-state index contributed by atoms with van der Waals surface area (Å²) in [5.74, 6) is 0. The molecule has 4 N–H and O–H groups in total. The van der Waals surface area contributed by atoms with Gasteiger partial charge >= 0.3 is 0 Å². The largest absolute Gasteiger partial charge is 0.330 e. The Kier molecular flexibility index (Phi) is 5.71. The first kappa shape index (κ1) is 11.1. The summed E-state index contributed by atoms with van der Waals surface area (Å²) in [6, 6.07) is 0. The molecule has 0 atom stereocenters. The van der Waals surface area contributed by atoms with Crippen LogP contribution in [0.3, 0.4) is 0 Å². The zero-order valence-electron chi connectivity index (χ0n) is 5.48. The maximum Gasteiger partial charge on any atom is -0.00138 e. The third-order valence-electron chi connectivity index (χ3n) is 1.11. The maximum absolute atomic E-state index is 5.34. The van der Waals surface area contributed by atoms with Crippen LogP contribution in [0.1, 0.15) is 13.8 Å². The maximum atomic E-state index is 5.34. The molecule has 0 rings (SSSR count). The van der Waals surface area contributed by atoms with Crippen LogP contribution in [0.15, 0.2) is 0 Å². The standard InChI is InChI=1S/C5H14N2.ClH/c1-5(2,3-6)4-7;/h3-4,6-7H2,1-2H3;1H. The fourth-order valence-corrected chi connectivity index (χ4v) is 0.0833. The van der Waals surface area contributed by atoms with Crippen molar-refractivity contribution < 1.29 is 0 Å². The fraction of sp³-hybridized carbons (Fsp3) is 1.00. The molecule has 0 radical (unpaired) electrons. The summed E-state index contributed by atoms with van der Waals surface area (Å²) < 4.78 is 0. The molecule has 0 heterocycles. The van der Waals surface area contributed by atoms with Crippen LogP contribution in [-0.4, -0.2) is 13.1 Å². The quantitative estimate of drug-likeness (QED) is 0.579. The third kappa shape index (κ3) is 4.37. The molecule has 0 fully saturated rings. The Morgan fingerprint density at radius 3 is 1.38 bits per heavy atom. The smallest absolute Gasteiger partial charge is 0.00138 e. The molecule has 8 heavy (non-hydrogen) atoms. The van der Waals surface area contributed by atoms with Gasteiger partial charge in [0.25, 0.3) is 0 Å². The Labute approximate surface area is 57.0 Å². The Morgan fingerprint density at radius 1 is 1.12 bits per heavy atom. The number of halogens is 1. The molecule has 0 aliphatic rings. The van der Waals surface area contributed by atoms with Crippen molar-refractivity contribution in [2.75, 3.05) is 13.1 Å². The SMILES string of the molecule is CC(C)(CN)CN.Cl. The monoisotopic (exact) mass is 138 g/mol. The van der Waals surface area contributed by atoms with Gasteiger partial charge in [0.2, 0.25) is 0 Å². The van der Waals surface area contributed by atoms with Gasteiger partial charge in [0.05, 0.1) is 0 Å². The molecule has 0 saturated carbocycles. The van der Waals surface area contributed by atoms with Crippen LogP contribution in [0.4, 0.5) is 0 Å². The van der Waals surface area contributed by atoms with Gasteiger partial charge in [-0.05, 0) is 18.5 Å². The van der Waals surface area contributed by atoms with Crippen molar-refractivity contribution in [3.05, 3.63) is 0 Å². The van der Waals surface area contributed by atoms with Gasteiger partial charge < -0.3 is 11.5 Å². The second-order valence-corrected chi connectivity index (χ2v) is 2.57. The van der Waals surface area contributed by atoms with E-state index in [4.69, 9.17) is 11.5 Å². The van der Waals surface area contributed by atoms with Gasteiger partial charge in [0, 0.05) is 0 Å². The van der Waals surface area contributed by atoms with Crippen molar-refractivity contribution in [3.63, 3.8) is 0 Å². The first-order valence-corrected chi connectivity index (χ1v) is 2.52. The molecule has 3 heteroatoms. The number of rotatable bonds is 2. The predicted molar refractivity (Wildman–Crippen MR) is 39.1 cm³/mol. The second kappa shape index (κ2) is 4.13. The van der Waals surface area contributed by atoms with Gasteiger partial charge in [0.15, 0.2) is 0 Å². The van der Waals surface area contributed by atoms with E-state index in [2.05, 4.69) is 0 Å². The fourth-order valence-electron chi connectivity index (χ4n) is 0.0833. The molecule has 0 aromatic carbocycles. The van der Waals surface area contributed by atoms with Crippen LogP contribution in [0.5, 0.6) is 0 Å². The minimum Gasteiger partial charge on any atom is -0.330 e. The first-order chi connectivity index (χ1) is 3.12. The molecule has 0 aromatic rings. The van der Waals surface area contributed by atoms with Crippen molar-refractivity contribution >= 4 is 12.4 Å². The highest BCUT2D eigenvalue weighted by atomic mass is 35.5. The van der Waals surface area contributed by atoms with Crippen molar-refractivity contribution in [3.8, 4) is 0 Å². The molecule has 0 aromatic heterocycles. The molecular weight excluding hydrogens is 124 g/mol. The zero-order chi connectivity index (χ0) is 5.91. The lowest BCUT2D eigenvalue weighted by atomic mass is 9.95. The highest BCUT2D eigenvalue weighted by Crippen LogP contribution is 2.07. The summed E-state index contributed by atoms with van der Waals surface area (Å²) >= 11 is 0. The van der Waals surface area contributed by atoms with Crippen LogP contribution in [-0.2, 0) is 0 Å². The second-order valence-electron chi connectivity index (χ2n) is 2.57. The summed E-state index contributed by atoms with van der Waals surface area (Å²) in [7, 11) is 0. The number of hydrogen-bond acceptors (Lipinski definition) is 2. The van der Waals surface area contributed by atoms with E-state index >= 15 is 0 Å². The lowest BCUT2D eigenvalue weighted by Gasteiger charge is -2.18. The molecular formula is C5H15ClN2. The van der Waals surface area contributed by atoms with Crippen LogP contribution in [0, 0.1) is 5.41 Å². The van der Waals surface area contributed by atoms with E-state index in [-0.39, 0.29) is 17.8 Å². The molecule has 0 aliphatic heterocycles. The molecule has 0 amide bonds. The summed E-state index contributed by atoms with van der Waals surface area (Å²) in [5.41, 5.74) is 10.8. The van der Waals surface area contributed by atoms with Gasteiger partial charge in [0.1, 0.15) is 0 Å². The van der Waals surface area contributed by atoms with E-state index in [1.807, 2.05) is 13.8 Å². The van der Waals surface area contributed by atoms with Crippen molar-refractivity contribution in [2.45, 2.75) is 13.8 Å². The first-order valence-electron chi connectivity index (χ1n) is 2.52. The lowest BCUT2D eigenvalue weighted by molar-refractivity contribution is 0.393. The Balaban J connectivity index is 0. The van der Waals surface area contributed by atoms with E-state index in [1.54, 1.807) is 0 Å². The Bertz CT molecular complexity index is 48.4. The van der Waals surface area contributed by atoms with Gasteiger partial charge in [-0.15, -0.1) is 12.4 Å². The molecule has 0 aliphatic carbocycles. The number of hydrogen-bond donors (Lipinski definition) is 2. The van der Waals surface area contributed by atoms with E-state index < -0.39 is 0 Å². The van der Waals surface area contributed by atoms with Crippen LogP contribution in [0.25, 0.3) is 0 Å². The lowest BCUT2D eigenvalue weighted by Crippen LogP contribution is -2.31. The molecule has 2 nitrogen and oxygen atoms in total. The van der Waals surface area contributed by atoms with Crippen LogP contribution >= 0.6 is 12.4 Å². The topological polar surface area (TPSA) is 52.0 Å². The van der Waals surface area contributed by atoms with Crippen molar-refractivity contribution in [2.24, 2.45) is 16.9 Å². The third-order valence-corrected chi connectivity index (χ3v) is 1.11. The molecule has 0 spiro atoms. The molecule has 0 bridgehead atoms. The van der Waals surface area contributed by atoms with E-state index in [9.17, 15) is 0 Å². The highest BCUT2D eigenvalue weighted by molar-refractivity contribution is 5.85. The minimum absolute atomic E-state index is 0. The van der Waals surface area contributed by atoms with E-state index in [0.29, 0.717) is 13.1 Å². The van der Waals surface area contributed by atoms with E-state index in [1.165, 1.54) is 0 Å². The molecule has 0 unspecified atom stereocenters. The van der Waals surface area contributed by atoms with Crippen molar-refractivity contribution in [1.29, 1.82) is 0 Å². The van der Waals surface area contributed by atoms with Gasteiger partial charge in [-0.25, -0.2) is 0 Å². The zero-order valence-corrected chi connectivity index (χ0v) is 6.29. The Hall–Kier alpha value is 0.210. The minimum atomic E-state index is 0. The summed E-state index contributed by atoms with van der Waals surface area (Å²) in [4.78, 5) is 0. The summed E-state index contributed by atoms with van der Waals surface area (Å²) in [6.45, 7) is 5.44. The van der Waals surface area contributed by atoms with Crippen molar-refractivity contribution in [1.82, 2.24) is 0 Å². The average molecular weight is 139 g/mol. The van der Waals surface area contributed by atoms with E-state index in [0.717, 1.165) is 0 Å². The molecule has 0 saturated heterocycles. The van der Waals surface area contributed by atoms with Gasteiger partial charge in [-0.3, -0.25) is 0 Å². The van der Waals surface area contributed by atoms with Gasteiger partial charge in [-0.1, -0.05) is 13.8 Å². The Morgan fingerprint density at radius 2 is 1.38 bits per heavy atom. The van der Waals surface area contributed by atoms with Crippen LogP contribution < -0.4 is 11.5 Å². The van der Waals surface area contributed by atoms with Gasteiger partial charge in [-0.2, -0.15) is 0 Å².